The molecule has 0 aliphatic heterocycles. The Hall–Kier alpha value is -0.570. The molecule has 0 amide bonds. The molecule has 1 rings (SSSR count). The minimum atomic E-state index is 0.0665. The normalized spacial score (nSPS) is 14.9. The van der Waals surface area contributed by atoms with E-state index in [1.807, 2.05) is 18.2 Å². The lowest BCUT2D eigenvalue weighted by molar-refractivity contribution is 0.125. The van der Waals surface area contributed by atoms with Gasteiger partial charge in [0.1, 0.15) is 0 Å². The van der Waals surface area contributed by atoms with E-state index in [-0.39, 0.29) is 5.54 Å². The number of hydrogen-bond donors (Lipinski definition) is 1. The van der Waals surface area contributed by atoms with Crippen molar-refractivity contribution in [2.24, 2.45) is 5.73 Å². The Morgan fingerprint density at radius 2 is 2.12 bits per heavy atom. The van der Waals surface area contributed by atoms with Gasteiger partial charge < -0.3 is 5.73 Å². The van der Waals surface area contributed by atoms with Crippen molar-refractivity contribution in [3.8, 4) is 0 Å². The van der Waals surface area contributed by atoms with Crippen molar-refractivity contribution in [3.63, 3.8) is 0 Å². The fourth-order valence-electron chi connectivity index (χ4n) is 2.09. The van der Waals surface area contributed by atoms with E-state index >= 15 is 0 Å². The zero-order chi connectivity index (χ0) is 12.9. The van der Waals surface area contributed by atoms with E-state index in [1.165, 1.54) is 5.56 Å². The van der Waals surface area contributed by atoms with Gasteiger partial charge in [0.2, 0.25) is 0 Å². The minimum Gasteiger partial charge on any atom is -0.329 e. The van der Waals surface area contributed by atoms with Gasteiger partial charge in [-0.05, 0) is 38.1 Å². The Kier molecular flexibility index (Phi) is 5.44. The molecule has 17 heavy (non-hydrogen) atoms. The molecule has 0 saturated carbocycles. The van der Waals surface area contributed by atoms with E-state index in [2.05, 4.69) is 31.9 Å². The SMILES string of the molecule is CCCC(C)(CN)N(C)Cc1cccc(Cl)c1. The van der Waals surface area contributed by atoms with E-state index in [4.69, 9.17) is 17.3 Å². The molecule has 2 N–H and O–H groups in total. The van der Waals surface area contributed by atoms with Crippen LogP contribution in [0.15, 0.2) is 24.3 Å². The largest absolute Gasteiger partial charge is 0.329 e. The summed E-state index contributed by atoms with van der Waals surface area (Å²) in [6, 6.07) is 8.01. The second kappa shape index (κ2) is 6.39. The lowest BCUT2D eigenvalue weighted by Crippen LogP contribution is -2.49. The number of likely N-dealkylation sites (N-methyl/N-ethyl adjacent to an activating group) is 1. The Balaban J connectivity index is 2.73. The molecule has 0 aliphatic rings. The van der Waals surface area contributed by atoms with Gasteiger partial charge in [0.05, 0.1) is 0 Å². The molecule has 1 atom stereocenters. The van der Waals surface area contributed by atoms with Crippen LogP contribution in [0.1, 0.15) is 32.3 Å². The minimum absolute atomic E-state index is 0.0665. The van der Waals surface area contributed by atoms with Crippen molar-refractivity contribution < 1.29 is 0 Å². The molecule has 0 saturated heterocycles. The van der Waals surface area contributed by atoms with E-state index in [0.29, 0.717) is 6.54 Å². The molecule has 3 heteroatoms. The highest BCUT2D eigenvalue weighted by molar-refractivity contribution is 6.30. The summed E-state index contributed by atoms with van der Waals surface area (Å²) in [5.41, 5.74) is 7.21. The van der Waals surface area contributed by atoms with Crippen LogP contribution in [0, 0.1) is 0 Å². The van der Waals surface area contributed by atoms with E-state index < -0.39 is 0 Å². The molecule has 0 heterocycles. The third-order valence-corrected chi connectivity index (χ3v) is 3.69. The maximum absolute atomic E-state index is 5.99. The highest BCUT2D eigenvalue weighted by Gasteiger charge is 2.26. The van der Waals surface area contributed by atoms with Crippen LogP contribution in [0.2, 0.25) is 5.02 Å². The predicted octanol–water partition coefficient (Wildman–Crippen LogP) is 3.29. The van der Waals surface area contributed by atoms with Crippen LogP contribution in [0.25, 0.3) is 0 Å². The Morgan fingerprint density at radius 1 is 1.41 bits per heavy atom. The van der Waals surface area contributed by atoms with Gasteiger partial charge in [-0.25, -0.2) is 0 Å². The zero-order valence-electron chi connectivity index (χ0n) is 11.0. The van der Waals surface area contributed by atoms with Crippen LogP contribution >= 0.6 is 11.6 Å². The summed E-state index contributed by atoms with van der Waals surface area (Å²) in [4.78, 5) is 2.32. The second-order valence-corrected chi connectivity index (χ2v) is 5.37. The topological polar surface area (TPSA) is 29.3 Å². The lowest BCUT2D eigenvalue weighted by Gasteiger charge is -2.38. The van der Waals surface area contributed by atoms with E-state index in [9.17, 15) is 0 Å². The molecule has 1 aromatic rings. The van der Waals surface area contributed by atoms with Gasteiger partial charge in [-0.1, -0.05) is 37.1 Å². The van der Waals surface area contributed by atoms with Crippen LogP contribution in [0.3, 0.4) is 0 Å². The van der Waals surface area contributed by atoms with Crippen molar-refractivity contribution in [1.82, 2.24) is 4.90 Å². The van der Waals surface area contributed by atoms with Gasteiger partial charge in [-0.2, -0.15) is 0 Å². The summed E-state index contributed by atoms with van der Waals surface area (Å²) >= 11 is 5.99. The molecule has 0 aliphatic carbocycles. The molecule has 0 spiro atoms. The molecule has 0 fully saturated rings. The van der Waals surface area contributed by atoms with Gasteiger partial charge in [0.25, 0.3) is 0 Å². The summed E-state index contributed by atoms with van der Waals surface area (Å²) in [7, 11) is 2.13. The molecular formula is C14H23ClN2. The number of nitrogens with zero attached hydrogens (tertiary/aromatic N) is 1. The van der Waals surface area contributed by atoms with Gasteiger partial charge in [-0.3, -0.25) is 4.90 Å². The van der Waals surface area contributed by atoms with E-state index in [0.717, 1.165) is 24.4 Å². The first kappa shape index (κ1) is 14.5. The first-order valence-electron chi connectivity index (χ1n) is 6.17. The first-order chi connectivity index (χ1) is 8.01. The van der Waals surface area contributed by atoms with Crippen LogP contribution in [-0.4, -0.2) is 24.0 Å². The molecule has 0 aromatic heterocycles. The summed E-state index contributed by atoms with van der Waals surface area (Å²) < 4.78 is 0. The summed E-state index contributed by atoms with van der Waals surface area (Å²) in [5, 5.41) is 0.792. The third kappa shape index (κ3) is 3.98. The van der Waals surface area contributed by atoms with Crippen molar-refractivity contribution in [2.45, 2.75) is 38.8 Å². The first-order valence-corrected chi connectivity index (χ1v) is 6.55. The van der Waals surface area contributed by atoms with Gasteiger partial charge in [0, 0.05) is 23.7 Å². The number of nitrogens with two attached hydrogens (primary N) is 1. The number of rotatable bonds is 6. The second-order valence-electron chi connectivity index (χ2n) is 4.94. The standard InChI is InChI=1S/C14H23ClN2/c1-4-8-14(2,11-16)17(3)10-12-6-5-7-13(15)9-12/h5-7,9H,4,8,10-11,16H2,1-3H3. The average Bonchev–Trinajstić information content (AvgIpc) is 2.29. The Morgan fingerprint density at radius 3 is 2.65 bits per heavy atom. The highest BCUT2D eigenvalue weighted by atomic mass is 35.5. The number of halogens is 1. The summed E-state index contributed by atoms with van der Waals surface area (Å²) in [5.74, 6) is 0. The monoisotopic (exact) mass is 254 g/mol. The molecule has 1 unspecified atom stereocenters. The molecule has 96 valence electrons. The van der Waals surface area contributed by atoms with Crippen LogP contribution in [0.4, 0.5) is 0 Å². The molecule has 0 bridgehead atoms. The van der Waals surface area contributed by atoms with Crippen LogP contribution in [0.5, 0.6) is 0 Å². The average molecular weight is 255 g/mol. The smallest absolute Gasteiger partial charge is 0.0409 e. The van der Waals surface area contributed by atoms with Crippen molar-refractivity contribution in [3.05, 3.63) is 34.9 Å². The summed E-state index contributed by atoms with van der Waals surface area (Å²) in [6.07, 6.45) is 2.26. The maximum atomic E-state index is 5.99. The van der Waals surface area contributed by atoms with Crippen LogP contribution < -0.4 is 5.73 Å². The van der Waals surface area contributed by atoms with Crippen molar-refractivity contribution >= 4 is 11.6 Å². The van der Waals surface area contributed by atoms with Crippen molar-refractivity contribution in [1.29, 1.82) is 0 Å². The third-order valence-electron chi connectivity index (χ3n) is 3.46. The number of hydrogen-bond acceptors (Lipinski definition) is 2. The number of benzene rings is 1. The molecular weight excluding hydrogens is 232 g/mol. The van der Waals surface area contributed by atoms with E-state index in [1.54, 1.807) is 0 Å². The van der Waals surface area contributed by atoms with Gasteiger partial charge in [-0.15, -0.1) is 0 Å². The Bertz CT molecular complexity index is 354. The fourth-order valence-corrected chi connectivity index (χ4v) is 2.30. The zero-order valence-corrected chi connectivity index (χ0v) is 11.8. The van der Waals surface area contributed by atoms with Gasteiger partial charge >= 0.3 is 0 Å². The van der Waals surface area contributed by atoms with Crippen LogP contribution in [-0.2, 0) is 6.54 Å². The highest BCUT2D eigenvalue weighted by Crippen LogP contribution is 2.21. The summed E-state index contributed by atoms with van der Waals surface area (Å²) in [6.45, 7) is 5.98. The maximum Gasteiger partial charge on any atom is 0.0409 e. The molecule has 2 nitrogen and oxygen atoms in total. The lowest BCUT2D eigenvalue weighted by atomic mass is 9.94. The Labute approximate surface area is 110 Å². The predicted molar refractivity (Wildman–Crippen MR) is 75.3 cm³/mol. The van der Waals surface area contributed by atoms with Crippen molar-refractivity contribution in [2.75, 3.05) is 13.6 Å². The molecule has 0 radical (unpaired) electrons. The quantitative estimate of drug-likeness (QED) is 0.844. The van der Waals surface area contributed by atoms with Gasteiger partial charge in [0.15, 0.2) is 0 Å². The molecule has 1 aromatic carbocycles. The fraction of sp³-hybridized carbons (Fsp3) is 0.571.